The number of carbonyl (C=O) groups excluding carboxylic acids is 6. The highest BCUT2D eigenvalue weighted by Gasteiger charge is 2.45. The molecule has 5 aliphatic heterocycles. The third-order valence-corrected chi connectivity index (χ3v) is 13.9. The molecule has 358 valence electrons. The van der Waals surface area contributed by atoms with Crippen LogP contribution in [0.5, 0.6) is 11.5 Å². The number of nitrogens with one attached hydrogen (secondary N) is 2. The zero-order valence-corrected chi connectivity index (χ0v) is 38.8. The van der Waals surface area contributed by atoms with Crippen molar-refractivity contribution in [2.24, 2.45) is 22.4 Å². The fourth-order valence-corrected chi connectivity index (χ4v) is 10.0. The van der Waals surface area contributed by atoms with Crippen molar-refractivity contribution in [3.8, 4) is 11.5 Å². The van der Waals surface area contributed by atoms with Crippen molar-refractivity contribution in [3.05, 3.63) is 125 Å². The Kier molecular flexibility index (Phi) is 13.7. The van der Waals surface area contributed by atoms with Gasteiger partial charge in [-0.2, -0.15) is 0 Å². The van der Waals surface area contributed by atoms with Gasteiger partial charge in [-0.1, -0.05) is 30.3 Å². The smallest absolute Gasteiger partial charge is 0.262 e. The summed E-state index contributed by atoms with van der Waals surface area (Å²) in [5.41, 5.74) is 17.2. The molecule has 5 aliphatic rings. The molecule has 0 saturated carbocycles. The lowest BCUT2D eigenvalue weighted by Gasteiger charge is -2.38. The van der Waals surface area contributed by atoms with Crippen LogP contribution in [0.4, 0.5) is 11.4 Å². The number of hydrogen-bond donors (Lipinski definition) is 4. The Bertz CT molecular complexity index is 2670. The average molecular weight is 935 g/mol. The van der Waals surface area contributed by atoms with E-state index in [0.29, 0.717) is 68.0 Å². The summed E-state index contributed by atoms with van der Waals surface area (Å²) in [6.07, 6.45) is 3.12. The number of rotatable bonds is 14. The summed E-state index contributed by atoms with van der Waals surface area (Å²) in [7, 11) is 2.03. The maximum absolute atomic E-state index is 13.4. The molecule has 3 saturated heterocycles. The van der Waals surface area contributed by atoms with Gasteiger partial charge in [-0.15, -0.1) is 0 Å². The number of aliphatic imine (C=N–C) groups is 1. The van der Waals surface area contributed by atoms with Crippen LogP contribution in [-0.4, -0.2) is 127 Å². The Labute approximate surface area is 401 Å². The molecular weight excluding hydrogens is 877 g/mol. The molecule has 0 bridgehead atoms. The molecule has 17 nitrogen and oxygen atoms in total. The van der Waals surface area contributed by atoms with Crippen molar-refractivity contribution in [1.29, 1.82) is 0 Å². The number of imide groups is 2. The number of fused-ring (bicyclic) bond motifs is 1. The highest BCUT2D eigenvalue weighted by Crippen LogP contribution is 2.32. The van der Waals surface area contributed by atoms with Gasteiger partial charge in [0.2, 0.25) is 17.7 Å². The fourth-order valence-electron chi connectivity index (χ4n) is 10.0. The van der Waals surface area contributed by atoms with Crippen LogP contribution in [0.2, 0.25) is 0 Å². The summed E-state index contributed by atoms with van der Waals surface area (Å²) in [5, 5.41) is 5.73. The normalized spacial score (nSPS) is 20.3. The summed E-state index contributed by atoms with van der Waals surface area (Å²) in [6, 6.07) is 29.5. The van der Waals surface area contributed by atoms with Crippen molar-refractivity contribution in [3.63, 3.8) is 0 Å². The van der Waals surface area contributed by atoms with Crippen LogP contribution in [0.3, 0.4) is 0 Å². The lowest BCUT2D eigenvalue weighted by molar-refractivity contribution is -0.136. The topological polar surface area (TPSA) is 216 Å². The minimum Gasteiger partial charge on any atom is -0.457 e. The molecule has 5 heterocycles. The first kappa shape index (κ1) is 46.6. The number of amides is 6. The van der Waals surface area contributed by atoms with Gasteiger partial charge in [-0.05, 0) is 117 Å². The molecule has 0 spiro atoms. The second-order valence-corrected chi connectivity index (χ2v) is 18.4. The third kappa shape index (κ3) is 10.3. The number of nitrogens with zero attached hydrogens (tertiary/aromatic N) is 6. The Morgan fingerprint density at radius 2 is 1.41 bits per heavy atom. The van der Waals surface area contributed by atoms with Gasteiger partial charge >= 0.3 is 0 Å². The van der Waals surface area contributed by atoms with Gasteiger partial charge in [0.1, 0.15) is 28.9 Å². The quantitative estimate of drug-likeness (QED) is 0.105. The lowest BCUT2D eigenvalue weighted by Crippen LogP contribution is -2.54. The van der Waals surface area contributed by atoms with E-state index in [1.807, 2.05) is 48.3 Å². The first-order chi connectivity index (χ1) is 33.4. The van der Waals surface area contributed by atoms with Crippen LogP contribution in [0.25, 0.3) is 5.70 Å². The van der Waals surface area contributed by atoms with E-state index in [1.54, 1.807) is 36.4 Å². The zero-order chi connectivity index (χ0) is 48.2. The summed E-state index contributed by atoms with van der Waals surface area (Å²) in [6.45, 7) is 6.20. The number of para-hydroxylation sites is 1. The highest BCUT2D eigenvalue weighted by molar-refractivity contribution is 6.25. The predicted molar refractivity (Wildman–Crippen MR) is 261 cm³/mol. The van der Waals surface area contributed by atoms with E-state index in [-0.39, 0.29) is 47.2 Å². The first-order valence-electron chi connectivity index (χ1n) is 23.7. The number of piperazine rings is 1. The first-order valence-corrected chi connectivity index (χ1v) is 23.7. The number of amidine groups is 1. The van der Waals surface area contributed by atoms with E-state index < -0.39 is 35.6 Å². The Morgan fingerprint density at radius 1 is 0.754 bits per heavy atom. The number of nitrogens with two attached hydrogens (primary N) is 2. The highest BCUT2D eigenvalue weighted by atomic mass is 16.5. The van der Waals surface area contributed by atoms with Crippen molar-refractivity contribution in [2.45, 2.75) is 57.2 Å². The maximum Gasteiger partial charge on any atom is 0.262 e. The molecule has 1 unspecified atom stereocenters. The number of benzene rings is 4. The van der Waals surface area contributed by atoms with Crippen LogP contribution in [0, 0.1) is 5.92 Å². The van der Waals surface area contributed by atoms with Crippen molar-refractivity contribution >= 4 is 58.4 Å². The van der Waals surface area contributed by atoms with E-state index in [0.717, 1.165) is 67.3 Å². The molecule has 17 heteroatoms. The fraction of sp³-hybridized carbons (Fsp3) is 0.365. The van der Waals surface area contributed by atoms with E-state index in [4.69, 9.17) is 16.2 Å². The van der Waals surface area contributed by atoms with Gasteiger partial charge in [0.05, 0.1) is 16.8 Å². The van der Waals surface area contributed by atoms with Gasteiger partial charge in [0.25, 0.3) is 17.7 Å². The summed E-state index contributed by atoms with van der Waals surface area (Å²) >= 11 is 0. The SMILES string of the molecule is CN(CCC(=O)N1CCC([C@@H]2CCN=C(C(C(N)=O)=C(N)c3ccc(Oc4ccccc4)cc3)N2)CC1)Cc1ccc(N2CCN(c3ccc4c(c3)C(=O)N(C3CCC(=O)NC3=O)C4=O)CC2)cc1. The summed E-state index contributed by atoms with van der Waals surface area (Å²) in [4.78, 5) is 91.1. The number of hydrogen-bond acceptors (Lipinski definition) is 13. The maximum atomic E-state index is 13.4. The molecule has 0 aliphatic carbocycles. The predicted octanol–water partition coefficient (Wildman–Crippen LogP) is 3.88. The standard InChI is InChI=1S/C52H58N10O7/c1-58(32-33-7-11-36(12-8-33)59-27-29-60(30-28-59)37-13-16-40-41(31-37)52(68)62(51(40)67)43-17-18-44(63)57-50(43)66)24-22-45(64)61-25-20-34(21-26-61)42-19-23-55-49(56-42)46(48(54)65)47(53)35-9-14-39(15-10-35)69-38-5-3-2-4-6-38/h2-16,31,34,42-43H,17-30,32,53H2,1H3,(H2,54,65)(H,55,56)(H,57,63,66)/t42-,43?/m0/s1. The molecule has 0 aromatic heterocycles. The van der Waals surface area contributed by atoms with Crippen molar-refractivity contribution in [2.75, 3.05) is 69.2 Å². The van der Waals surface area contributed by atoms with E-state index in [9.17, 15) is 28.8 Å². The average Bonchev–Trinajstić information content (AvgIpc) is 3.61. The number of carbonyl (C=O) groups is 6. The molecule has 6 N–H and O–H groups in total. The third-order valence-electron chi connectivity index (χ3n) is 13.9. The minimum absolute atomic E-state index is 0.0706. The summed E-state index contributed by atoms with van der Waals surface area (Å²) in [5.74, 6) is -0.491. The molecule has 6 amide bonds. The molecule has 4 aromatic carbocycles. The van der Waals surface area contributed by atoms with Crippen LogP contribution < -0.4 is 36.6 Å². The van der Waals surface area contributed by atoms with Crippen LogP contribution in [-0.2, 0) is 25.7 Å². The largest absolute Gasteiger partial charge is 0.457 e. The molecule has 69 heavy (non-hydrogen) atoms. The Hall–Kier alpha value is -7.53. The number of likely N-dealkylation sites (tertiary alicyclic amines) is 1. The zero-order valence-electron chi connectivity index (χ0n) is 38.8. The van der Waals surface area contributed by atoms with Gasteiger partial charge in [-0.3, -0.25) is 44.0 Å². The second kappa shape index (κ2) is 20.4. The minimum atomic E-state index is -0.993. The number of primary amides is 1. The van der Waals surface area contributed by atoms with Crippen LogP contribution in [0.15, 0.2) is 108 Å². The molecule has 9 rings (SSSR count). The van der Waals surface area contributed by atoms with Crippen LogP contribution >= 0.6 is 0 Å². The van der Waals surface area contributed by atoms with E-state index >= 15 is 0 Å². The number of anilines is 2. The van der Waals surface area contributed by atoms with E-state index in [1.165, 1.54) is 0 Å². The Balaban J connectivity index is 0.703. The van der Waals surface area contributed by atoms with Gasteiger partial charge in [0.15, 0.2) is 0 Å². The van der Waals surface area contributed by atoms with Gasteiger partial charge in [-0.25, -0.2) is 0 Å². The van der Waals surface area contributed by atoms with Gasteiger partial charge in [0, 0.05) is 89.2 Å². The number of ether oxygens (including phenoxy) is 1. The van der Waals surface area contributed by atoms with E-state index in [2.05, 4.69) is 54.6 Å². The van der Waals surface area contributed by atoms with Crippen LogP contribution in [0.1, 0.15) is 70.4 Å². The molecule has 0 radical (unpaired) electrons. The monoisotopic (exact) mass is 934 g/mol. The molecule has 3 fully saturated rings. The molecule has 2 atom stereocenters. The molecular formula is C52H58N10O7. The Morgan fingerprint density at radius 3 is 2.09 bits per heavy atom. The second-order valence-electron chi connectivity index (χ2n) is 18.4. The van der Waals surface area contributed by atoms with Crippen molar-refractivity contribution < 1.29 is 33.5 Å². The lowest BCUT2D eigenvalue weighted by atomic mass is 9.86. The van der Waals surface area contributed by atoms with Crippen molar-refractivity contribution in [1.82, 2.24) is 25.3 Å². The summed E-state index contributed by atoms with van der Waals surface area (Å²) < 4.78 is 5.91. The number of piperidine rings is 2. The molecule has 4 aromatic rings. The van der Waals surface area contributed by atoms with Gasteiger partial charge < -0.3 is 41.1 Å².